The van der Waals surface area contributed by atoms with Gasteiger partial charge in [-0.3, -0.25) is 0 Å². The Bertz CT molecular complexity index is 931. The third-order valence-electron chi connectivity index (χ3n) is 4.24. The molecule has 0 aliphatic heterocycles. The van der Waals surface area contributed by atoms with Crippen LogP contribution in [0.4, 0.5) is 0 Å². The van der Waals surface area contributed by atoms with E-state index in [0.717, 1.165) is 28.1 Å². The normalized spacial score (nSPS) is 10.2. The van der Waals surface area contributed by atoms with E-state index in [4.69, 9.17) is 9.31 Å². The minimum Gasteiger partial charge on any atom is -0.522 e. The minimum absolute atomic E-state index is 0.543. The molecule has 0 unspecified atom stereocenters. The second kappa shape index (κ2) is 8.28. The quantitative estimate of drug-likeness (QED) is 0.445. The lowest BCUT2D eigenvalue weighted by atomic mass is 9.77. The predicted molar refractivity (Wildman–Crippen MR) is 111 cm³/mol. The van der Waals surface area contributed by atoms with Crippen molar-refractivity contribution in [3.05, 3.63) is 115 Å². The van der Waals surface area contributed by atoms with E-state index in [0.29, 0.717) is 0 Å². The first-order chi connectivity index (χ1) is 13.4. The Morgan fingerprint density at radius 3 is 1.48 bits per heavy atom. The Hall–Kier alpha value is -3.46. The lowest BCUT2D eigenvalue weighted by Gasteiger charge is -2.17. The topological polar surface area (TPSA) is 18.5 Å². The molecular formula is C24H19BO2. The van der Waals surface area contributed by atoms with Gasteiger partial charge in [-0.05, 0) is 35.4 Å². The van der Waals surface area contributed by atoms with Crippen LogP contribution in [0, 0.1) is 0 Å². The first kappa shape index (κ1) is 17.0. The molecule has 4 aromatic rings. The summed E-state index contributed by atoms with van der Waals surface area (Å²) in [6, 6.07) is 38.1. The highest BCUT2D eigenvalue weighted by Crippen LogP contribution is 2.19. The van der Waals surface area contributed by atoms with Crippen molar-refractivity contribution in [2.24, 2.45) is 0 Å². The Morgan fingerprint density at radius 2 is 0.926 bits per heavy atom. The molecule has 0 aliphatic rings. The molecule has 0 saturated carbocycles. The van der Waals surface area contributed by atoms with E-state index in [1.807, 2.05) is 91.0 Å². The Balaban J connectivity index is 1.67. The van der Waals surface area contributed by atoms with Crippen LogP contribution < -0.4 is 14.8 Å². The van der Waals surface area contributed by atoms with Crippen LogP contribution in [-0.4, -0.2) is 7.12 Å². The van der Waals surface area contributed by atoms with Crippen LogP contribution in [0.25, 0.3) is 11.1 Å². The van der Waals surface area contributed by atoms with Gasteiger partial charge in [-0.25, -0.2) is 0 Å². The van der Waals surface area contributed by atoms with Gasteiger partial charge >= 0.3 is 7.12 Å². The molecule has 0 aliphatic carbocycles. The highest BCUT2D eigenvalue weighted by atomic mass is 16.6. The average Bonchev–Trinajstić information content (AvgIpc) is 2.75. The van der Waals surface area contributed by atoms with E-state index in [-0.39, 0.29) is 0 Å². The molecule has 2 nitrogen and oxygen atoms in total. The summed E-state index contributed by atoms with van der Waals surface area (Å²) in [6.07, 6.45) is 0. The fraction of sp³-hybridized carbons (Fsp3) is 0. The zero-order chi connectivity index (χ0) is 18.3. The van der Waals surface area contributed by atoms with Crippen LogP contribution in [0.5, 0.6) is 11.5 Å². The van der Waals surface area contributed by atoms with Crippen LogP contribution >= 0.6 is 0 Å². The second-order valence-corrected chi connectivity index (χ2v) is 6.19. The lowest BCUT2D eigenvalue weighted by Crippen LogP contribution is -2.42. The van der Waals surface area contributed by atoms with E-state index >= 15 is 0 Å². The van der Waals surface area contributed by atoms with E-state index in [2.05, 4.69) is 24.3 Å². The van der Waals surface area contributed by atoms with Crippen molar-refractivity contribution >= 4 is 12.6 Å². The summed E-state index contributed by atoms with van der Waals surface area (Å²) in [6.45, 7) is 0. The van der Waals surface area contributed by atoms with Crippen molar-refractivity contribution < 1.29 is 9.31 Å². The first-order valence-corrected chi connectivity index (χ1v) is 8.97. The van der Waals surface area contributed by atoms with E-state index in [1.54, 1.807) is 0 Å². The fourth-order valence-corrected chi connectivity index (χ4v) is 2.90. The van der Waals surface area contributed by atoms with Crippen molar-refractivity contribution in [1.29, 1.82) is 0 Å². The fourth-order valence-electron chi connectivity index (χ4n) is 2.90. The predicted octanol–water partition coefficient (Wildman–Crippen LogP) is 5.21. The van der Waals surface area contributed by atoms with Crippen LogP contribution in [-0.2, 0) is 0 Å². The monoisotopic (exact) mass is 350 g/mol. The van der Waals surface area contributed by atoms with Crippen molar-refractivity contribution in [3.63, 3.8) is 0 Å². The van der Waals surface area contributed by atoms with Gasteiger partial charge in [0.2, 0.25) is 0 Å². The number of benzene rings is 4. The standard InChI is InChI=1S/C24H19BO2/c1-4-11-20(12-5-1)21-13-10-14-22(19-21)25(26-23-15-6-2-7-16-23)27-24-17-8-3-9-18-24/h1-19H. The SMILES string of the molecule is c1ccc(OB(Oc2ccccc2)c2cccc(-c3ccccc3)c2)cc1. The van der Waals surface area contributed by atoms with Gasteiger partial charge in [0, 0.05) is 5.46 Å². The summed E-state index contributed by atoms with van der Waals surface area (Å²) in [7, 11) is -0.543. The summed E-state index contributed by atoms with van der Waals surface area (Å²) in [5.74, 6) is 1.53. The molecule has 0 radical (unpaired) electrons. The Kier molecular flexibility index (Phi) is 5.21. The molecule has 0 N–H and O–H groups in total. The van der Waals surface area contributed by atoms with Crippen molar-refractivity contribution in [2.75, 3.05) is 0 Å². The summed E-state index contributed by atoms with van der Waals surface area (Å²) >= 11 is 0. The summed E-state index contributed by atoms with van der Waals surface area (Å²) in [5.41, 5.74) is 3.26. The van der Waals surface area contributed by atoms with E-state index in [9.17, 15) is 0 Å². The van der Waals surface area contributed by atoms with Crippen LogP contribution in [0.1, 0.15) is 0 Å². The molecule has 27 heavy (non-hydrogen) atoms. The van der Waals surface area contributed by atoms with Crippen molar-refractivity contribution in [2.45, 2.75) is 0 Å². The van der Waals surface area contributed by atoms with E-state index in [1.165, 1.54) is 0 Å². The van der Waals surface area contributed by atoms with Gasteiger partial charge in [-0.2, -0.15) is 0 Å². The van der Waals surface area contributed by atoms with Crippen LogP contribution in [0.2, 0.25) is 0 Å². The van der Waals surface area contributed by atoms with Gasteiger partial charge in [0.05, 0.1) is 0 Å². The second-order valence-electron chi connectivity index (χ2n) is 6.19. The van der Waals surface area contributed by atoms with Crippen LogP contribution in [0.3, 0.4) is 0 Å². The molecule has 0 atom stereocenters. The zero-order valence-electron chi connectivity index (χ0n) is 14.9. The third kappa shape index (κ3) is 4.39. The maximum Gasteiger partial charge on any atom is 0.632 e. The summed E-state index contributed by atoms with van der Waals surface area (Å²) in [5, 5.41) is 0. The van der Waals surface area contributed by atoms with E-state index < -0.39 is 7.12 Å². The molecule has 0 spiro atoms. The molecule has 4 aromatic carbocycles. The highest BCUT2D eigenvalue weighted by molar-refractivity contribution is 6.62. The molecule has 0 fully saturated rings. The minimum atomic E-state index is -0.543. The smallest absolute Gasteiger partial charge is 0.522 e. The number of para-hydroxylation sites is 2. The highest BCUT2D eigenvalue weighted by Gasteiger charge is 2.26. The number of rotatable bonds is 6. The van der Waals surface area contributed by atoms with Gasteiger partial charge in [0.1, 0.15) is 11.5 Å². The first-order valence-electron chi connectivity index (χ1n) is 8.97. The molecule has 3 heteroatoms. The molecule has 0 heterocycles. The maximum absolute atomic E-state index is 6.17. The van der Waals surface area contributed by atoms with Gasteiger partial charge in [0.25, 0.3) is 0 Å². The molecule has 130 valence electrons. The van der Waals surface area contributed by atoms with Crippen molar-refractivity contribution in [1.82, 2.24) is 0 Å². The number of hydrogen-bond donors (Lipinski definition) is 0. The maximum atomic E-state index is 6.17. The number of hydrogen-bond acceptors (Lipinski definition) is 2. The summed E-state index contributed by atoms with van der Waals surface area (Å²) in [4.78, 5) is 0. The zero-order valence-corrected chi connectivity index (χ0v) is 14.9. The Labute approximate surface area is 160 Å². The molecule has 0 aromatic heterocycles. The molecule has 4 rings (SSSR count). The van der Waals surface area contributed by atoms with Crippen LogP contribution in [0.15, 0.2) is 115 Å². The molecule has 0 saturated heterocycles. The van der Waals surface area contributed by atoms with Gasteiger partial charge in [-0.1, -0.05) is 91.0 Å². The third-order valence-corrected chi connectivity index (χ3v) is 4.24. The lowest BCUT2D eigenvalue weighted by molar-refractivity contribution is 0.439. The van der Waals surface area contributed by atoms with Gasteiger partial charge in [-0.15, -0.1) is 0 Å². The average molecular weight is 350 g/mol. The molecular weight excluding hydrogens is 331 g/mol. The summed E-state index contributed by atoms with van der Waals surface area (Å²) < 4.78 is 12.3. The molecule has 0 bridgehead atoms. The van der Waals surface area contributed by atoms with Gasteiger partial charge < -0.3 is 9.31 Å². The van der Waals surface area contributed by atoms with Gasteiger partial charge in [0.15, 0.2) is 0 Å². The van der Waals surface area contributed by atoms with Crippen molar-refractivity contribution in [3.8, 4) is 22.6 Å². The molecule has 0 amide bonds. The largest absolute Gasteiger partial charge is 0.632 e. The Morgan fingerprint density at radius 1 is 0.444 bits per heavy atom.